The van der Waals surface area contributed by atoms with Gasteiger partial charge in [0, 0.05) is 43.0 Å². The third-order valence-corrected chi connectivity index (χ3v) is 7.15. The van der Waals surface area contributed by atoms with Crippen molar-refractivity contribution in [3.63, 3.8) is 0 Å². The number of carbonyl (C=O) groups is 2. The summed E-state index contributed by atoms with van der Waals surface area (Å²) in [4.78, 5) is 29.3. The van der Waals surface area contributed by atoms with Gasteiger partial charge < -0.3 is 36.6 Å². The van der Waals surface area contributed by atoms with Gasteiger partial charge in [0.1, 0.15) is 5.82 Å². The zero-order valence-corrected chi connectivity index (χ0v) is 24.9. The molecule has 4 aromatic rings. The molecule has 4 rings (SSSR count). The van der Waals surface area contributed by atoms with E-state index in [1.54, 1.807) is 42.6 Å². The van der Waals surface area contributed by atoms with E-state index in [0.29, 0.717) is 35.8 Å². The minimum Gasteiger partial charge on any atom is -0.504 e. The fourth-order valence-electron chi connectivity index (χ4n) is 4.68. The first kappa shape index (κ1) is 32.0. The zero-order chi connectivity index (χ0) is 31.5. The Bertz CT molecular complexity index is 1540. The van der Waals surface area contributed by atoms with Crippen LogP contribution in [0.4, 0.5) is 5.82 Å². The number of nitrogens with zero attached hydrogens (tertiary/aromatic N) is 1. The molecule has 3 aromatic carbocycles. The van der Waals surface area contributed by atoms with Gasteiger partial charge in [-0.3, -0.25) is 9.59 Å². The standard InChI is InChI=1S/C34H39N5O5/c1-22(36-21-30(41)28-11-13-32(35)37-20-28)14-24-4-3-5-25(15-24)17-33(42)38-18-23-6-9-27(10-7-23)34(43)39-19-26-8-12-29(40)31(16-26)44-2/h3-13,15-16,20,22,30,36,40-41H,14,17-19,21H2,1-2H3,(H2,35,37)(H,38,42)(H,39,43). The lowest BCUT2D eigenvalue weighted by atomic mass is 10.0. The monoisotopic (exact) mass is 597 g/mol. The van der Waals surface area contributed by atoms with Gasteiger partial charge in [-0.2, -0.15) is 0 Å². The Balaban J connectivity index is 1.19. The number of phenols is 1. The van der Waals surface area contributed by atoms with Gasteiger partial charge in [-0.15, -0.1) is 0 Å². The minimum atomic E-state index is -0.685. The summed E-state index contributed by atoms with van der Waals surface area (Å²) < 4.78 is 5.10. The van der Waals surface area contributed by atoms with Crippen molar-refractivity contribution < 1.29 is 24.5 Å². The Morgan fingerprint density at radius 3 is 2.36 bits per heavy atom. The number of aromatic hydroxyl groups is 1. The molecule has 0 spiro atoms. The number of amides is 2. The number of rotatable bonds is 14. The lowest BCUT2D eigenvalue weighted by Gasteiger charge is -2.18. The van der Waals surface area contributed by atoms with Crippen molar-refractivity contribution in [2.45, 2.75) is 45.0 Å². The van der Waals surface area contributed by atoms with E-state index in [1.165, 1.54) is 13.2 Å². The van der Waals surface area contributed by atoms with Crippen molar-refractivity contribution in [1.29, 1.82) is 0 Å². The van der Waals surface area contributed by atoms with Gasteiger partial charge in [0.05, 0.1) is 19.6 Å². The topological polar surface area (TPSA) is 159 Å². The second-order valence-corrected chi connectivity index (χ2v) is 10.7. The van der Waals surface area contributed by atoms with Gasteiger partial charge in [0.15, 0.2) is 11.5 Å². The molecule has 1 heterocycles. The molecule has 10 nitrogen and oxygen atoms in total. The van der Waals surface area contributed by atoms with Crippen LogP contribution in [0.15, 0.2) is 85.1 Å². The van der Waals surface area contributed by atoms with Crippen molar-refractivity contribution in [1.82, 2.24) is 20.9 Å². The molecule has 0 saturated heterocycles. The van der Waals surface area contributed by atoms with Crippen LogP contribution in [0.5, 0.6) is 11.5 Å². The Morgan fingerprint density at radius 1 is 0.909 bits per heavy atom. The van der Waals surface area contributed by atoms with E-state index in [2.05, 4.69) is 27.9 Å². The molecule has 0 aliphatic heterocycles. The number of aliphatic hydroxyl groups is 1. The summed E-state index contributed by atoms with van der Waals surface area (Å²) in [5.74, 6) is 0.476. The largest absolute Gasteiger partial charge is 0.504 e. The summed E-state index contributed by atoms with van der Waals surface area (Å²) in [6.45, 7) is 3.07. The Hall–Kier alpha value is -4.93. The van der Waals surface area contributed by atoms with Crippen molar-refractivity contribution in [2.75, 3.05) is 19.4 Å². The first-order valence-electron chi connectivity index (χ1n) is 14.4. The summed E-state index contributed by atoms with van der Waals surface area (Å²) in [6, 6.07) is 23.5. The Labute approximate surface area is 257 Å². The van der Waals surface area contributed by atoms with Crippen molar-refractivity contribution in [3.05, 3.63) is 118 Å². The number of carbonyl (C=O) groups excluding carboxylic acids is 2. The number of aromatic nitrogens is 1. The molecule has 10 heteroatoms. The van der Waals surface area contributed by atoms with E-state index >= 15 is 0 Å². The molecular formula is C34H39N5O5. The highest BCUT2D eigenvalue weighted by Crippen LogP contribution is 2.26. The number of aliphatic hydroxyl groups excluding tert-OH is 1. The average Bonchev–Trinajstić information content (AvgIpc) is 3.03. The molecule has 2 atom stereocenters. The van der Waals surface area contributed by atoms with E-state index in [0.717, 1.165) is 28.7 Å². The van der Waals surface area contributed by atoms with Crippen LogP contribution in [-0.4, -0.2) is 46.7 Å². The minimum absolute atomic E-state index is 0.0413. The number of hydrogen-bond donors (Lipinski definition) is 6. The van der Waals surface area contributed by atoms with Gasteiger partial charge in [-0.1, -0.05) is 48.5 Å². The summed E-state index contributed by atoms with van der Waals surface area (Å²) in [5.41, 5.74) is 10.5. The normalized spacial score (nSPS) is 12.2. The van der Waals surface area contributed by atoms with E-state index < -0.39 is 6.10 Å². The van der Waals surface area contributed by atoms with E-state index in [1.807, 2.05) is 36.4 Å². The Morgan fingerprint density at radius 2 is 1.64 bits per heavy atom. The number of nitrogens with two attached hydrogens (primary N) is 1. The molecule has 1 aromatic heterocycles. The molecule has 0 radical (unpaired) electrons. The summed E-state index contributed by atoms with van der Waals surface area (Å²) in [7, 11) is 1.47. The first-order chi connectivity index (χ1) is 21.2. The zero-order valence-electron chi connectivity index (χ0n) is 24.9. The molecule has 2 amide bonds. The number of methoxy groups -OCH3 is 1. The summed E-state index contributed by atoms with van der Waals surface area (Å²) in [5, 5.41) is 29.3. The van der Waals surface area contributed by atoms with Crippen molar-refractivity contribution in [3.8, 4) is 11.5 Å². The van der Waals surface area contributed by atoms with Crippen LogP contribution in [-0.2, 0) is 30.7 Å². The summed E-state index contributed by atoms with van der Waals surface area (Å²) in [6.07, 6.45) is 1.89. The van der Waals surface area contributed by atoms with Crippen LogP contribution in [0.3, 0.4) is 0 Å². The summed E-state index contributed by atoms with van der Waals surface area (Å²) >= 11 is 0. The predicted octanol–water partition coefficient (Wildman–Crippen LogP) is 3.42. The van der Waals surface area contributed by atoms with Crippen LogP contribution < -0.4 is 26.4 Å². The number of benzene rings is 3. The number of nitrogen functional groups attached to an aromatic ring is 1. The second-order valence-electron chi connectivity index (χ2n) is 10.7. The molecule has 0 saturated carbocycles. The highest BCUT2D eigenvalue weighted by Gasteiger charge is 2.12. The third kappa shape index (κ3) is 9.55. The molecule has 2 unspecified atom stereocenters. The van der Waals surface area contributed by atoms with Crippen LogP contribution in [0.1, 0.15) is 51.2 Å². The molecule has 0 fully saturated rings. The van der Waals surface area contributed by atoms with E-state index in [4.69, 9.17) is 10.5 Å². The van der Waals surface area contributed by atoms with Gasteiger partial charge in [0.25, 0.3) is 5.91 Å². The van der Waals surface area contributed by atoms with E-state index in [-0.39, 0.29) is 36.6 Å². The molecule has 0 bridgehead atoms. The number of ether oxygens (including phenoxy) is 1. The van der Waals surface area contributed by atoms with Gasteiger partial charge in [0.2, 0.25) is 5.91 Å². The maximum absolute atomic E-state index is 12.7. The van der Waals surface area contributed by atoms with Crippen LogP contribution in [0.25, 0.3) is 0 Å². The van der Waals surface area contributed by atoms with Gasteiger partial charge >= 0.3 is 0 Å². The van der Waals surface area contributed by atoms with Crippen LogP contribution in [0.2, 0.25) is 0 Å². The quantitative estimate of drug-likeness (QED) is 0.129. The van der Waals surface area contributed by atoms with Crippen LogP contribution >= 0.6 is 0 Å². The molecule has 44 heavy (non-hydrogen) atoms. The number of pyridine rings is 1. The molecule has 0 aliphatic carbocycles. The SMILES string of the molecule is COc1cc(CNC(=O)c2ccc(CNC(=O)Cc3cccc(CC(C)NCC(O)c4ccc(N)nc4)c3)cc2)ccc1O. The fraction of sp³-hybridized carbons (Fsp3) is 0.265. The van der Waals surface area contributed by atoms with Crippen molar-refractivity contribution >= 4 is 17.6 Å². The molecule has 230 valence electrons. The van der Waals surface area contributed by atoms with Gasteiger partial charge in [-0.25, -0.2) is 4.98 Å². The Kier molecular flexibility index (Phi) is 11.3. The van der Waals surface area contributed by atoms with Crippen molar-refractivity contribution in [2.24, 2.45) is 0 Å². The lowest BCUT2D eigenvalue weighted by molar-refractivity contribution is -0.120. The predicted molar refractivity (Wildman–Crippen MR) is 169 cm³/mol. The number of nitrogens with one attached hydrogen (secondary N) is 3. The van der Waals surface area contributed by atoms with Gasteiger partial charge in [-0.05, 0) is 65.9 Å². The van der Waals surface area contributed by atoms with E-state index in [9.17, 15) is 19.8 Å². The highest BCUT2D eigenvalue weighted by atomic mass is 16.5. The highest BCUT2D eigenvalue weighted by molar-refractivity contribution is 5.94. The number of phenolic OH excluding ortho intramolecular Hbond substituents is 1. The third-order valence-electron chi connectivity index (χ3n) is 7.15. The second kappa shape index (κ2) is 15.5. The molecule has 7 N–H and O–H groups in total. The number of anilines is 1. The smallest absolute Gasteiger partial charge is 0.251 e. The maximum Gasteiger partial charge on any atom is 0.251 e. The first-order valence-corrected chi connectivity index (χ1v) is 14.4. The molecule has 0 aliphatic rings. The maximum atomic E-state index is 12.7. The lowest BCUT2D eigenvalue weighted by Crippen LogP contribution is -2.32. The fourth-order valence-corrected chi connectivity index (χ4v) is 4.68. The van der Waals surface area contributed by atoms with Crippen LogP contribution in [0, 0.1) is 0 Å². The molecular weight excluding hydrogens is 558 g/mol. The number of hydrogen-bond acceptors (Lipinski definition) is 8. The average molecular weight is 598 g/mol.